The number of hydrogen-bond acceptors (Lipinski definition) is 4. The number of nitrogens with zero attached hydrogens (tertiary/aromatic N) is 2. The number of sulfone groups is 1. The maximum Gasteiger partial charge on any atom is 0.341 e. The number of alkyl halides is 2. The summed E-state index contributed by atoms with van der Waals surface area (Å²) in [6, 6.07) is 13.4. The van der Waals surface area contributed by atoms with Gasteiger partial charge < -0.3 is 9.80 Å². The molecule has 134 valence electrons. The van der Waals surface area contributed by atoms with Crippen molar-refractivity contribution in [3.8, 4) is 0 Å². The van der Waals surface area contributed by atoms with Crippen LogP contribution >= 0.6 is 11.6 Å². The second kappa shape index (κ2) is 7.17. The second-order valence-electron chi connectivity index (χ2n) is 5.73. The van der Waals surface area contributed by atoms with Crippen LogP contribution < -0.4 is 9.80 Å². The average molecular weight is 387 g/mol. The van der Waals surface area contributed by atoms with Crippen molar-refractivity contribution < 1.29 is 17.2 Å². The number of benzene rings is 2. The van der Waals surface area contributed by atoms with Gasteiger partial charge in [-0.05, 0) is 30.3 Å². The smallest absolute Gasteiger partial charge is 0.341 e. The fourth-order valence-electron chi connectivity index (χ4n) is 2.93. The minimum Gasteiger partial charge on any atom is -0.368 e. The van der Waals surface area contributed by atoms with E-state index in [2.05, 4.69) is 4.90 Å². The SMILES string of the molecule is O=S(=O)(c1ccccc1N1CCN(c2cccc(Cl)c2)CC1)C(F)F. The Balaban J connectivity index is 1.80. The summed E-state index contributed by atoms with van der Waals surface area (Å²) in [7, 11) is -4.63. The molecule has 2 aromatic carbocycles. The van der Waals surface area contributed by atoms with Crippen molar-refractivity contribution in [3.63, 3.8) is 0 Å². The van der Waals surface area contributed by atoms with Gasteiger partial charge in [-0.3, -0.25) is 0 Å². The quantitative estimate of drug-likeness (QED) is 0.804. The summed E-state index contributed by atoms with van der Waals surface area (Å²) >= 11 is 6.01. The standard InChI is InChI=1S/C17H17ClF2N2O2S/c18-13-4-3-5-14(12-13)21-8-10-22(11-9-21)15-6-1-2-7-16(15)25(23,24)17(19)20/h1-7,12,17H,8-11H2. The van der Waals surface area contributed by atoms with E-state index in [0.29, 0.717) is 36.9 Å². The molecule has 0 atom stereocenters. The minimum absolute atomic E-state index is 0.318. The van der Waals surface area contributed by atoms with E-state index in [1.165, 1.54) is 12.1 Å². The first kappa shape index (κ1) is 17.9. The van der Waals surface area contributed by atoms with Crippen molar-refractivity contribution in [1.82, 2.24) is 0 Å². The van der Waals surface area contributed by atoms with Crippen molar-refractivity contribution >= 4 is 32.8 Å². The van der Waals surface area contributed by atoms with Crippen LogP contribution in [-0.2, 0) is 9.84 Å². The van der Waals surface area contributed by atoms with Gasteiger partial charge in [0.15, 0.2) is 0 Å². The molecule has 0 saturated carbocycles. The van der Waals surface area contributed by atoms with Gasteiger partial charge in [0.05, 0.1) is 10.6 Å². The molecule has 1 heterocycles. The molecule has 1 fully saturated rings. The molecule has 0 bridgehead atoms. The fourth-order valence-corrected chi connectivity index (χ4v) is 4.07. The van der Waals surface area contributed by atoms with Gasteiger partial charge in [-0.25, -0.2) is 8.42 Å². The molecule has 1 aliphatic rings. The zero-order valence-corrected chi connectivity index (χ0v) is 14.9. The fraction of sp³-hybridized carbons (Fsp3) is 0.294. The monoisotopic (exact) mass is 386 g/mol. The summed E-state index contributed by atoms with van der Waals surface area (Å²) < 4.78 is 49.7. The molecular weight excluding hydrogens is 370 g/mol. The first-order valence-corrected chi connectivity index (χ1v) is 9.68. The van der Waals surface area contributed by atoms with Crippen molar-refractivity contribution in [2.24, 2.45) is 0 Å². The van der Waals surface area contributed by atoms with Crippen LogP contribution in [0.2, 0.25) is 5.02 Å². The maximum atomic E-state index is 12.9. The number of hydrogen-bond donors (Lipinski definition) is 0. The molecule has 0 spiro atoms. The number of anilines is 2. The number of para-hydroxylation sites is 1. The molecular formula is C17H17ClF2N2O2S. The number of rotatable bonds is 4. The van der Waals surface area contributed by atoms with Gasteiger partial charge in [0.2, 0.25) is 9.84 Å². The highest BCUT2D eigenvalue weighted by atomic mass is 35.5. The summed E-state index contributed by atoms with van der Waals surface area (Å²) in [5, 5.41) is 0.647. The molecule has 1 saturated heterocycles. The summed E-state index contributed by atoms with van der Waals surface area (Å²) in [5.41, 5.74) is 1.31. The molecule has 0 aromatic heterocycles. The van der Waals surface area contributed by atoms with E-state index in [1.54, 1.807) is 18.2 Å². The Morgan fingerprint density at radius 2 is 1.56 bits per heavy atom. The molecule has 3 rings (SSSR count). The minimum atomic E-state index is -4.63. The summed E-state index contributed by atoms with van der Waals surface area (Å²) in [4.78, 5) is 3.64. The molecule has 1 aliphatic heterocycles. The van der Waals surface area contributed by atoms with Gasteiger partial charge in [0.1, 0.15) is 0 Å². The van der Waals surface area contributed by atoms with Crippen LogP contribution in [0.3, 0.4) is 0 Å². The highest BCUT2D eigenvalue weighted by Crippen LogP contribution is 2.30. The van der Waals surface area contributed by atoms with Crippen LogP contribution in [0.25, 0.3) is 0 Å². The van der Waals surface area contributed by atoms with Crippen LogP contribution in [0.5, 0.6) is 0 Å². The van der Waals surface area contributed by atoms with Gasteiger partial charge >= 0.3 is 5.76 Å². The third-order valence-electron chi connectivity index (χ3n) is 4.20. The lowest BCUT2D eigenvalue weighted by Gasteiger charge is -2.38. The molecule has 8 heteroatoms. The Morgan fingerprint density at radius 3 is 2.20 bits per heavy atom. The lowest BCUT2D eigenvalue weighted by atomic mass is 10.2. The third kappa shape index (κ3) is 3.72. The van der Waals surface area contributed by atoms with E-state index in [0.717, 1.165) is 5.69 Å². The Hall–Kier alpha value is -1.86. The lowest BCUT2D eigenvalue weighted by Crippen LogP contribution is -2.47. The molecule has 0 aliphatic carbocycles. The molecule has 4 nitrogen and oxygen atoms in total. The van der Waals surface area contributed by atoms with Crippen LogP contribution in [0.4, 0.5) is 20.2 Å². The van der Waals surface area contributed by atoms with Crippen molar-refractivity contribution in [1.29, 1.82) is 0 Å². The van der Waals surface area contributed by atoms with E-state index in [9.17, 15) is 17.2 Å². The zero-order valence-electron chi connectivity index (χ0n) is 13.3. The third-order valence-corrected chi connectivity index (χ3v) is 5.86. The summed E-state index contributed by atoms with van der Waals surface area (Å²) in [6.45, 7) is 2.34. The van der Waals surface area contributed by atoms with Crippen LogP contribution in [0.1, 0.15) is 0 Å². The van der Waals surface area contributed by atoms with Crippen molar-refractivity contribution in [3.05, 3.63) is 53.6 Å². The average Bonchev–Trinajstić information content (AvgIpc) is 2.62. The Morgan fingerprint density at radius 1 is 0.920 bits per heavy atom. The predicted molar refractivity (Wildman–Crippen MR) is 95.5 cm³/mol. The largest absolute Gasteiger partial charge is 0.368 e. The number of halogens is 3. The summed E-state index contributed by atoms with van der Waals surface area (Å²) in [6.07, 6.45) is 0. The Kier molecular flexibility index (Phi) is 5.15. The molecule has 2 aromatic rings. The molecule has 0 amide bonds. The van der Waals surface area contributed by atoms with Crippen LogP contribution in [0, 0.1) is 0 Å². The maximum absolute atomic E-state index is 12.9. The first-order chi connectivity index (χ1) is 11.9. The highest BCUT2D eigenvalue weighted by molar-refractivity contribution is 7.91. The Bertz CT molecular complexity index is 853. The van der Waals surface area contributed by atoms with Gasteiger partial charge in [-0.2, -0.15) is 8.78 Å². The van der Waals surface area contributed by atoms with Gasteiger partial charge in [-0.1, -0.05) is 29.8 Å². The topological polar surface area (TPSA) is 40.6 Å². The first-order valence-electron chi connectivity index (χ1n) is 7.76. The van der Waals surface area contributed by atoms with E-state index < -0.39 is 15.6 Å². The van der Waals surface area contributed by atoms with Crippen LogP contribution in [0.15, 0.2) is 53.4 Å². The molecule has 0 radical (unpaired) electrons. The normalized spacial score (nSPS) is 15.7. The van der Waals surface area contributed by atoms with E-state index >= 15 is 0 Å². The van der Waals surface area contributed by atoms with Gasteiger partial charge in [0, 0.05) is 36.9 Å². The zero-order chi connectivity index (χ0) is 18.0. The highest BCUT2D eigenvalue weighted by Gasteiger charge is 2.31. The van der Waals surface area contributed by atoms with Crippen molar-refractivity contribution in [2.75, 3.05) is 36.0 Å². The van der Waals surface area contributed by atoms with Gasteiger partial charge in [0.25, 0.3) is 0 Å². The second-order valence-corrected chi connectivity index (χ2v) is 8.05. The van der Waals surface area contributed by atoms with Crippen LogP contribution in [-0.4, -0.2) is 40.4 Å². The Labute approximate surface area is 150 Å². The van der Waals surface area contributed by atoms with E-state index in [-0.39, 0.29) is 4.90 Å². The summed E-state index contributed by atoms with van der Waals surface area (Å²) in [5.74, 6) is -3.43. The number of piperazine rings is 1. The predicted octanol–water partition coefficient (Wildman–Crippen LogP) is 3.66. The van der Waals surface area contributed by atoms with Gasteiger partial charge in [-0.15, -0.1) is 0 Å². The molecule has 0 unspecified atom stereocenters. The van der Waals surface area contributed by atoms with E-state index in [1.807, 2.05) is 23.1 Å². The molecule has 0 N–H and O–H groups in total. The molecule has 25 heavy (non-hydrogen) atoms. The van der Waals surface area contributed by atoms with Crippen molar-refractivity contribution in [2.45, 2.75) is 10.7 Å². The van der Waals surface area contributed by atoms with E-state index in [4.69, 9.17) is 11.6 Å². The lowest BCUT2D eigenvalue weighted by molar-refractivity contribution is 0.235.